The van der Waals surface area contributed by atoms with Gasteiger partial charge in [-0.05, 0) is 103 Å². The van der Waals surface area contributed by atoms with Crippen molar-refractivity contribution in [2.75, 3.05) is 47.5 Å². The maximum absolute atomic E-state index is 12.9. The third-order valence-electron chi connectivity index (χ3n) is 13.6. The standard InChI is InChI=1S/C74H121NO8/c1-6-8-10-12-14-16-18-20-22-24-26-27-28-29-30-31-32-33-34-35-36-37-38-39-40-41-42-43-44-45-47-49-51-53-55-57-59-61-63-65-72(77)83-70(69-82-74(73(78)79)80-67-66-75(3,4)5)68-81-71(76)64-62-60-58-56-54-52-50-48-46-25-23-21-19-17-15-13-11-9-7-2/h8-11,14-17,20-23,26-27,29-30,32-33,46,48,52,54,58,60,70,74H,6-7,12-13,18-19,24-25,28,31,34-45,47,49-51,53,55-57,59,61-69H2,1-5H3/p+1/b10-8-,11-9-,16-14-,17-15-,22-20-,23-21-,27-26-,30-29-,33-32-,48-46-,54-52-,60-58-. The molecule has 0 heterocycles. The van der Waals surface area contributed by atoms with Crippen LogP contribution in [0.3, 0.4) is 0 Å². The lowest BCUT2D eigenvalue weighted by atomic mass is 10.0. The van der Waals surface area contributed by atoms with Crippen LogP contribution < -0.4 is 0 Å². The first-order chi connectivity index (χ1) is 40.6. The molecule has 0 aromatic heterocycles. The number of hydrogen-bond acceptors (Lipinski definition) is 7. The number of allylic oxidation sites excluding steroid dienone is 24. The third kappa shape index (κ3) is 64.6. The summed E-state index contributed by atoms with van der Waals surface area (Å²) in [5, 5.41) is 9.72. The fourth-order valence-corrected chi connectivity index (χ4v) is 8.63. The first-order valence-electron chi connectivity index (χ1n) is 33.0. The molecule has 9 heteroatoms. The second-order valence-electron chi connectivity index (χ2n) is 22.7. The van der Waals surface area contributed by atoms with E-state index in [1.807, 2.05) is 33.3 Å². The Balaban J connectivity index is 4.12. The average Bonchev–Trinajstić information content (AvgIpc) is 3.46. The smallest absolute Gasteiger partial charge is 0.361 e. The van der Waals surface area contributed by atoms with E-state index in [-0.39, 0.29) is 32.7 Å². The van der Waals surface area contributed by atoms with Crippen LogP contribution in [-0.2, 0) is 33.3 Å². The third-order valence-corrected chi connectivity index (χ3v) is 13.6. The summed E-state index contributed by atoms with van der Waals surface area (Å²) in [6.07, 6.45) is 89.8. The Kier molecular flexibility index (Phi) is 59.5. The molecule has 0 aromatic rings. The lowest BCUT2D eigenvalue weighted by Crippen LogP contribution is -2.40. The lowest BCUT2D eigenvalue weighted by Gasteiger charge is -2.25. The summed E-state index contributed by atoms with van der Waals surface area (Å²) in [5.41, 5.74) is 0. The number of hydrogen-bond donors (Lipinski definition) is 1. The zero-order chi connectivity index (χ0) is 60.5. The molecule has 0 saturated heterocycles. The van der Waals surface area contributed by atoms with Crippen molar-refractivity contribution in [2.24, 2.45) is 0 Å². The van der Waals surface area contributed by atoms with E-state index in [0.717, 1.165) is 96.3 Å². The number of unbranched alkanes of at least 4 members (excludes halogenated alkanes) is 20. The SMILES string of the molecule is CC/C=C\C/C=C\C/C=C\C/C=C\C/C=C\C/C=C\CCCCCCCCCCCCCCCCCCCCCCC(=O)OC(COC(=O)CC/C=C\C/C=C\C/C=C\C/C=C\C/C=C\C/C=C\CC)COC(OCC[N+](C)(C)C)C(=O)O. The molecule has 0 aliphatic rings. The fourth-order valence-electron chi connectivity index (χ4n) is 8.63. The van der Waals surface area contributed by atoms with Gasteiger partial charge in [0.2, 0.25) is 0 Å². The van der Waals surface area contributed by atoms with Crippen molar-refractivity contribution in [1.29, 1.82) is 0 Å². The van der Waals surface area contributed by atoms with Gasteiger partial charge in [0.1, 0.15) is 13.2 Å². The van der Waals surface area contributed by atoms with Crippen molar-refractivity contribution in [3.05, 3.63) is 146 Å². The van der Waals surface area contributed by atoms with Gasteiger partial charge in [-0.15, -0.1) is 0 Å². The summed E-state index contributed by atoms with van der Waals surface area (Å²) in [4.78, 5) is 37.5. The van der Waals surface area contributed by atoms with Gasteiger partial charge in [-0.3, -0.25) is 9.59 Å². The summed E-state index contributed by atoms with van der Waals surface area (Å²) >= 11 is 0. The first kappa shape index (κ1) is 78.2. The molecule has 83 heavy (non-hydrogen) atoms. The topological polar surface area (TPSA) is 108 Å². The van der Waals surface area contributed by atoms with Crippen LogP contribution in [0.5, 0.6) is 0 Å². The monoisotopic (exact) mass is 1150 g/mol. The Morgan fingerprint density at radius 2 is 0.675 bits per heavy atom. The number of aliphatic carboxylic acids is 1. The zero-order valence-corrected chi connectivity index (χ0v) is 53.5. The van der Waals surface area contributed by atoms with Gasteiger partial charge in [-0.25, -0.2) is 4.79 Å². The van der Waals surface area contributed by atoms with Crippen molar-refractivity contribution in [3.8, 4) is 0 Å². The maximum atomic E-state index is 12.9. The fraction of sp³-hybridized carbons (Fsp3) is 0.635. The molecule has 0 fully saturated rings. The molecule has 0 aliphatic carbocycles. The van der Waals surface area contributed by atoms with Crippen molar-refractivity contribution >= 4 is 17.9 Å². The van der Waals surface area contributed by atoms with Crippen LogP contribution in [0.1, 0.15) is 245 Å². The van der Waals surface area contributed by atoms with Gasteiger partial charge in [0.05, 0.1) is 34.4 Å². The molecule has 0 aromatic carbocycles. The van der Waals surface area contributed by atoms with Crippen LogP contribution in [0.25, 0.3) is 0 Å². The van der Waals surface area contributed by atoms with Gasteiger partial charge in [-0.2, -0.15) is 0 Å². The molecule has 0 amide bonds. The second-order valence-corrected chi connectivity index (χ2v) is 22.7. The molecule has 0 aliphatic heterocycles. The van der Waals surface area contributed by atoms with Gasteiger partial charge >= 0.3 is 17.9 Å². The Bertz CT molecular complexity index is 1870. The van der Waals surface area contributed by atoms with E-state index in [0.29, 0.717) is 23.9 Å². The van der Waals surface area contributed by atoms with Crippen LogP contribution in [0, 0.1) is 0 Å². The van der Waals surface area contributed by atoms with Gasteiger partial charge in [-0.1, -0.05) is 275 Å². The number of carboxylic acid groups (broad SMARTS) is 1. The molecule has 2 unspecified atom stereocenters. The van der Waals surface area contributed by atoms with Crippen LogP contribution in [0.4, 0.5) is 0 Å². The predicted octanol–water partition coefficient (Wildman–Crippen LogP) is 20.3. The minimum absolute atomic E-state index is 0.171. The Morgan fingerprint density at radius 3 is 1.01 bits per heavy atom. The molecule has 2 atom stereocenters. The van der Waals surface area contributed by atoms with E-state index in [4.69, 9.17) is 18.9 Å². The Morgan fingerprint density at radius 1 is 0.361 bits per heavy atom. The number of quaternary nitrogens is 1. The predicted molar refractivity (Wildman–Crippen MR) is 354 cm³/mol. The number of rotatable bonds is 59. The molecule has 0 radical (unpaired) electrons. The van der Waals surface area contributed by atoms with Gasteiger partial charge < -0.3 is 28.5 Å². The van der Waals surface area contributed by atoms with Crippen LogP contribution in [0.15, 0.2) is 146 Å². The average molecular weight is 1150 g/mol. The van der Waals surface area contributed by atoms with E-state index in [9.17, 15) is 19.5 Å². The van der Waals surface area contributed by atoms with E-state index in [1.165, 1.54) is 109 Å². The van der Waals surface area contributed by atoms with E-state index < -0.39 is 30.3 Å². The number of nitrogens with zero attached hydrogens (tertiary/aromatic N) is 1. The quantitative estimate of drug-likeness (QED) is 0.0211. The minimum Gasteiger partial charge on any atom is -0.477 e. The number of ether oxygens (including phenoxy) is 4. The zero-order valence-electron chi connectivity index (χ0n) is 53.5. The van der Waals surface area contributed by atoms with E-state index >= 15 is 0 Å². The summed E-state index contributed by atoms with van der Waals surface area (Å²) in [5.74, 6) is -2.12. The molecule has 0 saturated carbocycles. The lowest BCUT2D eigenvalue weighted by molar-refractivity contribution is -0.870. The van der Waals surface area contributed by atoms with E-state index in [2.05, 4.69) is 148 Å². The number of esters is 2. The van der Waals surface area contributed by atoms with Crippen LogP contribution in [-0.4, -0.2) is 87.4 Å². The summed E-state index contributed by atoms with van der Waals surface area (Å²) in [6, 6.07) is 0. The van der Waals surface area contributed by atoms with Gasteiger partial charge in [0.15, 0.2) is 6.10 Å². The minimum atomic E-state index is -1.53. The molecular weight excluding hydrogens is 1030 g/mol. The van der Waals surface area contributed by atoms with Crippen LogP contribution in [0.2, 0.25) is 0 Å². The molecule has 0 bridgehead atoms. The summed E-state index contributed by atoms with van der Waals surface area (Å²) in [6.45, 7) is 4.56. The second kappa shape index (κ2) is 63.2. The van der Waals surface area contributed by atoms with Crippen molar-refractivity contribution < 1.29 is 42.9 Å². The Hall–Kier alpha value is -4.83. The van der Waals surface area contributed by atoms with Crippen LogP contribution >= 0.6 is 0 Å². The Labute approximate surface area is 509 Å². The van der Waals surface area contributed by atoms with Crippen molar-refractivity contribution in [2.45, 2.75) is 257 Å². The molecule has 0 spiro atoms. The van der Waals surface area contributed by atoms with Crippen molar-refractivity contribution in [1.82, 2.24) is 0 Å². The first-order valence-corrected chi connectivity index (χ1v) is 33.0. The summed E-state index contributed by atoms with van der Waals surface area (Å²) < 4.78 is 22.8. The number of carbonyl (C=O) groups excluding carboxylic acids is 2. The highest BCUT2D eigenvalue weighted by atomic mass is 16.7. The van der Waals surface area contributed by atoms with Gasteiger partial charge in [0, 0.05) is 12.8 Å². The highest BCUT2D eigenvalue weighted by molar-refractivity contribution is 5.71. The highest BCUT2D eigenvalue weighted by Gasteiger charge is 2.25. The largest absolute Gasteiger partial charge is 0.477 e. The molecule has 470 valence electrons. The normalized spacial score (nSPS) is 13.7. The summed E-state index contributed by atoms with van der Waals surface area (Å²) in [7, 11) is 5.95. The molecule has 9 nitrogen and oxygen atoms in total. The number of likely N-dealkylation sites (N-methyl/N-ethyl adjacent to an activating group) is 1. The molecular formula is C74H122NO8+. The molecule has 0 rings (SSSR count). The highest BCUT2D eigenvalue weighted by Crippen LogP contribution is 2.16. The molecule has 1 N–H and O–H groups in total. The van der Waals surface area contributed by atoms with Gasteiger partial charge in [0.25, 0.3) is 6.29 Å². The van der Waals surface area contributed by atoms with E-state index in [1.54, 1.807) is 0 Å². The number of carboxylic acids is 1. The maximum Gasteiger partial charge on any atom is 0.361 e. The van der Waals surface area contributed by atoms with Crippen molar-refractivity contribution in [3.63, 3.8) is 0 Å². The number of carbonyl (C=O) groups is 3.